The van der Waals surface area contributed by atoms with E-state index in [0.29, 0.717) is 10.0 Å². The molecule has 84 valence electrons. The Morgan fingerprint density at radius 2 is 1.82 bits per heavy atom. The van der Waals surface area contributed by atoms with Gasteiger partial charge in [-0.3, -0.25) is 0 Å². The summed E-state index contributed by atoms with van der Waals surface area (Å²) in [4.78, 5) is 7.70. The quantitative estimate of drug-likeness (QED) is 0.686. The minimum absolute atomic E-state index is 0.645. The predicted molar refractivity (Wildman–Crippen MR) is 71.5 cm³/mol. The molecule has 2 nitrogen and oxygen atoms in total. The van der Waals surface area contributed by atoms with Gasteiger partial charge in [0.2, 0.25) is 0 Å². The lowest BCUT2D eigenvalue weighted by atomic mass is 10.2. The zero-order valence-corrected chi connectivity index (χ0v) is 10.3. The molecule has 2 aromatic carbocycles. The molecule has 0 saturated carbocycles. The average molecular weight is 263 g/mol. The second-order valence-electron chi connectivity index (χ2n) is 3.73. The number of nitrogens with zero attached hydrogens (tertiary/aromatic N) is 1. The average Bonchev–Trinajstić information content (AvgIpc) is 2.74. The van der Waals surface area contributed by atoms with Gasteiger partial charge in [0.1, 0.15) is 11.3 Å². The smallest absolute Gasteiger partial charge is 0.138 e. The summed E-state index contributed by atoms with van der Waals surface area (Å²) in [7, 11) is 0. The van der Waals surface area contributed by atoms with E-state index >= 15 is 0 Å². The van der Waals surface area contributed by atoms with E-state index in [4.69, 9.17) is 23.2 Å². The molecule has 17 heavy (non-hydrogen) atoms. The largest absolute Gasteiger partial charge is 0.338 e. The molecular weight excluding hydrogens is 255 g/mol. The standard InChI is InChI=1S/C13H8Cl2N2/c14-9-4-1-3-8(7-9)13-16-11-6-2-5-10(15)12(11)17-13/h1-7H,(H,16,17). The Hall–Kier alpha value is -1.51. The molecule has 3 aromatic rings. The Balaban J connectivity index is 2.22. The normalized spacial score (nSPS) is 10.9. The lowest BCUT2D eigenvalue weighted by Crippen LogP contribution is -1.79. The highest BCUT2D eigenvalue weighted by atomic mass is 35.5. The third kappa shape index (κ3) is 1.90. The first-order valence-corrected chi connectivity index (χ1v) is 5.90. The van der Waals surface area contributed by atoms with Crippen molar-refractivity contribution in [3.05, 3.63) is 52.5 Å². The maximum atomic E-state index is 6.08. The van der Waals surface area contributed by atoms with E-state index < -0.39 is 0 Å². The number of halogens is 2. The van der Waals surface area contributed by atoms with Crippen LogP contribution in [0, 0.1) is 0 Å². The molecule has 0 unspecified atom stereocenters. The van der Waals surface area contributed by atoms with E-state index in [0.717, 1.165) is 22.4 Å². The number of rotatable bonds is 1. The topological polar surface area (TPSA) is 28.7 Å². The zero-order chi connectivity index (χ0) is 11.8. The monoisotopic (exact) mass is 262 g/mol. The van der Waals surface area contributed by atoms with Crippen LogP contribution in [0.2, 0.25) is 10.0 Å². The predicted octanol–water partition coefficient (Wildman–Crippen LogP) is 4.54. The third-order valence-electron chi connectivity index (χ3n) is 2.56. The van der Waals surface area contributed by atoms with Crippen molar-refractivity contribution in [1.82, 2.24) is 9.97 Å². The van der Waals surface area contributed by atoms with Crippen LogP contribution in [0.5, 0.6) is 0 Å². The van der Waals surface area contributed by atoms with Gasteiger partial charge < -0.3 is 4.98 Å². The third-order valence-corrected chi connectivity index (χ3v) is 3.10. The van der Waals surface area contributed by atoms with Crippen LogP contribution in [0.3, 0.4) is 0 Å². The van der Waals surface area contributed by atoms with Crippen molar-refractivity contribution in [2.45, 2.75) is 0 Å². The summed E-state index contributed by atoms with van der Waals surface area (Å²) >= 11 is 12.0. The van der Waals surface area contributed by atoms with E-state index in [1.165, 1.54) is 0 Å². The molecule has 0 aliphatic heterocycles. The van der Waals surface area contributed by atoms with Crippen molar-refractivity contribution < 1.29 is 0 Å². The summed E-state index contributed by atoms with van der Waals surface area (Å²) in [5.74, 6) is 0.774. The van der Waals surface area contributed by atoms with E-state index in [1.54, 1.807) is 0 Å². The highest BCUT2D eigenvalue weighted by Crippen LogP contribution is 2.26. The van der Waals surface area contributed by atoms with Gasteiger partial charge in [-0.05, 0) is 24.3 Å². The number of fused-ring (bicyclic) bond motifs is 1. The van der Waals surface area contributed by atoms with Crippen molar-refractivity contribution in [2.24, 2.45) is 0 Å². The summed E-state index contributed by atoms with van der Waals surface area (Å²) in [6, 6.07) is 13.2. The minimum Gasteiger partial charge on any atom is -0.338 e. The fourth-order valence-corrected chi connectivity index (χ4v) is 2.18. The number of aromatic nitrogens is 2. The van der Waals surface area contributed by atoms with Gasteiger partial charge in [-0.15, -0.1) is 0 Å². The highest BCUT2D eigenvalue weighted by molar-refractivity contribution is 6.35. The van der Waals surface area contributed by atoms with Gasteiger partial charge in [0.25, 0.3) is 0 Å². The summed E-state index contributed by atoms with van der Waals surface area (Å²) in [5, 5.41) is 1.33. The fourth-order valence-electron chi connectivity index (χ4n) is 1.77. The van der Waals surface area contributed by atoms with Crippen molar-refractivity contribution >= 4 is 34.2 Å². The Labute approximate surface area is 108 Å². The van der Waals surface area contributed by atoms with Gasteiger partial charge in [-0.25, -0.2) is 4.98 Å². The Morgan fingerprint density at radius 3 is 2.59 bits per heavy atom. The maximum absolute atomic E-state index is 6.08. The number of benzene rings is 2. The summed E-state index contributed by atoms with van der Waals surface area (Å²) < 4.78 is 0. The number of nitrogens with one attached hydrogen (secondary N) is 1. The molecule has 0 saturated heterocycles. The molecule has 1 N–H and O–H groups in total. The molecule has 0 amide bonds. The zero-order valence-electron chi connectivity index (χ0n) is 8.74. The van der Waals surface area contributed by atoms with E-state index in [-0.39, 0.29) is 0 Å². The molecular formula is C13H8Cl2N2. The van der Waals surface area contributed by atoms with Crippen molar-refractivity contribution in [1.29, 1.82) is 0 Å². The minimum atomic E-state index is 0.645. The number of aromatic amines is 1. The summed E-state index contributed by atoms with van der Waals surface area (Å²) in [6.45, 7) is 0. The first kappa shape index (κ1) is 10.6. The molecule has 0 spiro atoms. The van der Waals surface area contributed by atoms with Gasteiger partial charge in [0.05, 0.1) is 10.5 Å². The van der Waals surface area contributed by atoms with Gasteiger partial charge in [-0.2, -0.15) is 0 Å². The number of para-hydroxylation sites is 1. The molecule has 1 heterocycles. The number of hydrogen-bond donors (Lipinski definition) is 1. The highest BCUT2D eigenvalue weighted by Gasteiger charge is 2.07. The molecule has 0 atom stereocenters. The molecule has 0 bridgehead atoms. The second-order valence-corrected chi connectivity index (χ2v) is 4.58. The van der Waals surface area contributed by atoms with Crippen LogP contribution in [0.25, 0.3) is 22.4 Å². The molecule has 4 heteroatoms. The first-order chi connectivity index (χ1) is 8.24. The van der Waals surface area contributed by atoms with E-state index in [1.807, 2.05) is 42.5 Å². The van der Waals surface area contributed by atoms with Gasteiger partial charge in [0.15, 0.2) is 0 Å². The van der Waals surface area contributed by atoms with Crippen LogP contribution in [0.4, 0.5) is 0 Å². The lowest BCUT2D eigenvalue weighted by molar-refractivity contribution is 1.34. The Morgan fingerprint density at radius 1 is 1.00 bits per heavy atom. The van der Waals surface area contributed by atoms with Crippen LogP contribution < -0.4 is 0 Å². The van der Waals surface area contributed by atoms with E-state index in [9.17, 15) is 0 Å². The van der Waals surface area contributed by atoms with Gasteiger partial charge in [-0.1, -0.05) is 41.4 Å². The van der Waals surface area contributed by atoms with Crippen LogP contribution in [-0.4, -0.2) is 9.97 Å². The molecule has 1 aromatic heterocycles. The van der Waals surface area contributed by atoms with Gasteiger partial charge in [0, 0.05) is 10.6 Å². The van der Waals surface area contributed by atoms with Crippen LogP contribution in [-0.2, 0) is 0 Å². The maximum Gasteiger partial charge on any atom is 0.138 e. The molecule has 0 aliphatic rings. The fraction of sp³-hybridized carbons (Fsp3) is 0. The van der Waals surface area contributed by atoms with E-state index in [2.05, 4.69) is 9.97 Å². The van der Waals surface area contributed by atoms with Crippen molar-refractivity contribution in [3.63, 3.8) is 0 Å². The molecule has 0 fully saturated rings. The Kier molecular flexibility index (Phi) is 2.54. The van der Waals surface area contributed by atoms with Crippen molar-refractivity contribution in [3.8, 4) is 11.4 Å². The summed E-state index contributed by atoms with van der Waals surface area (Å²) in [5.41, 5.74) is 2.65. The van der Waals surface area contributed by atoms with Crippen molar-refractivity contribution in [2.75, 3.05) is 0 Å². The molecule has 3 rings (SSSR count). The molecule has 0 aliphatic carbocycles. The van der Waals surface area contributed by atoms with Crippen LogP contribution in [0.15, 0.2) is 42.5 Å². The molecule has 0 radical (unpaired) electrons. The number of imidazole rings is 1. The summed E-state index contributed by atoms with van der Waals surface area (Å²) in [6.07, 6.45) is 0. The SMILES string of the molecule is Clc1cccc(-c2nc3c(Cl)cccc3[nH]2)c1. The second kappa shape index (κ2) is 4.06. The Bertz CT molecular complexity index is 689. The number of hydrogen-bond acceptors (Lipinski definition) is 1. The number of H-pyrrole nitrogens is 1. The van der Waals surface area contributed by atoms with Crippen LogP contribution in [0.1, 0.15) is 0 Å². The lowest BCUT2D eigenvalue weighted by Gasteiger charge is -1.96. The van der Waals surface area contributed by atoms with Gasteiger partial charge >= 0.3 is 0 Å². The first-order valence-electron chi connectivity index (χ1n) is 5.14. The van der Waals surface area contributed by atoms with Crippen LogP contribution >= 0.6 is 23.2 Å².